The fraction of sp³-hybridized carbons (Fsp3) is 0.308. The Bertz CT molecular complexity index is 632. The summed E-state index contributed by atoms with van der Waals surface area (Å²) < 4.78 is 5.22. The molecule has 0 radical (unpaired) electrons. The van der Waals surface area contributed by atoms with Crippen molar-refractivity contribution in [1.29, 1.82) is 0 Å². The summed E-state index contributed by atoms with van der Waals surface area (Å²) in [5, 5.41) is 14.7. The number of nitrogen functional groups attached to an aromatic ring is 1. The molecule has 6 heteroatoms. The van der Waals surface area contributed by atoms with Crippen LogP contribution in [0.3, 0.4) is 0 Å². The number of nitro groups is 1. The Hall–Kier alpha value is -2.37. The second-order valence-electron chi connectivity index (χ2n) is 4.72. The first-order valence-electron chi connectivity index (χ1n) is 5.92. The number of aryl methyl sites for hydroxylation is 1. The first-order valence-corrected chi connectivity index (χ1v) is 5.92. The first kappa shape index (κ1) is 13.1. The predicted molar refractivity (Wildman–Crippen MR) is 71.8 cm³/mol. The highest BCUT2D eigenvalue weighted by atomic mass is 16.6. The van der Waals surface area contributed by atoms with Gasteiger partial charge in [-0.1, -0.05) is 31.1 Å². The van der Waals surface area contributed by atoms with Gasteiger partial charge in [0, 0.05) is 22.8 Å². The molecule has 6 nitrogen and oxygen atoms in total. The monoisotopic (exact) mass is 261 g/mol. The molecule has 0 saturated heterocycles. The van der Waals surface area contributed by atoms with E-state index in [0.29, 0.717) is 22.7 Å². The van der Waals surface area contributed by atoms with Crippen molar-refractivity contribution in [2.45, 2.75) is 26.7 Å². The van der Waals surface area contributed by atoms with E-state index in [1.807, 2.05) is 13.8 Å². The molecule has 0 atom stereocenters. The molecule has 1 aromatic carbocycles. The Balaban J connectivity index is 2.60. The summed E-state index contributed by atoms with van der Waals surface area (Å²) in [6.07, 6.45) is 0. The van der Waals surface area contributed by atoms with Crippen LogP contribution in [0.5, 0.6) is 0 Å². The van der Waals surface area contributed by atoms with E-state index in [4.69, 9.17) is 10.3 Å². The van der Waals surface area contributed by atoms with Gasteiger partial charge >= 0.3 is 0 Å². The molecule has 0 aliphatic rings. The molecule has 100 valence electrons. The summed E-state index contributed by atoms with van der Waals surface area (Å²) in [6.45, 7) is 5.63. The van der Waals surface area contributed by atoms with E-state index in [9.17, 15) is 10.1 Å². The second-order valence-corrected chi connectivity index (χ2v) is 4.72. The second kappa shape index (κ2) is 4.72. The van der Waals surface area contributed by atoms with Crippen LogP contribution < -0.4 is 5.73 Å². The molecule has 1 aromatic heterocycles. The highest BCUT2D eigenvalue weighted by Gasteiger charge is 2.21. The molecule has 2 N–H and O–H groups in total. The van der Waals surface area contributed by atoms with Crippen molar-refractivity contribution in [2.24, 2.45) is 0 Å². The van der Waals surface area contributed by atoms with E-state index in [1.165, 1.54) is 6.07 Å². The molecule has 0 saturated carbocycles. The van der Waals surface area contributed by atoms with Crippen LogP contribution in [0.15, 0.2) is 22.7 Å². The maximum absolute atomic E-state index is 11.0. The summed E-state index contributed by atoms with van der Waals surface area (Å²) in [7, 11) is 0. The predicted octanol–water partition coefficient (Wildman–Crippen LogP) is 3.26. The third-order valence-corrected chi connectivity index (χ3v) is 3.00. The van der Waals surface area contributed by atoms with E-state index < -0.39 is 4.92 Å². The van der Waals surface area contributed by atoms with Gasteiger partial charge in [-0.05, 0) is 12.8 Å². The molecule has 0 spiro atoms. The minimum Gasteiger partial charge on any atom is -0.381 e. The smallest absolute Gasteiger partial charge is 0.273 e. The Morgan fingerprint density at radius 1 is 1.42 bits per heavy atom. The van der Waals surface area contributed by atoms with Gasteiger partial charge in [-0.15, -0.1) is 0 Å². The van der Waals surface area contributed by atoms with Crippen LogP contribution in [0.25, 0.3) is 11.3 Å². The van der Waals surface area contributed by atoms with Gasteiger partial charge in [0.05, 0.1) is 4.92 Å². The number of hydrogen-bond acceptors (Lipinski definition) is 5. The van der Waals surface area contributed by atoms with Crippen LogP contribution in [0, 0.1) is 17.0 Å². The summed E-state index contributed by atoms with van der Waals surface area (Å²) >= 11 is 0. The zero-order valence-corrected chi connectivity index (χ0v) is 11.0. The maximum Gasteiger partial charge on any atom is 0.273 e. The molecule has 0 fully saturated rings. The lowest BCUT2D eigenvalue weighted by Gasteiger charge is -2.06. The summed E-state index contributed by atoms with van der Waals surface area (Å²) in [6, 6.07) is 4.95. The number of nitrogens with zero attached hydrogens (tertiary/aromatic N) is 2. The summed E-state index contributed by atoms with van der Waals surface area (Å²) in [5.74, 6) is 0.949. The van der Waals surface area contributed by atoms with Gasteiger partial charge in [0.25, 0.3) is 5.69 Å². The molecule has 0 bridgehead atoms. The van der Waals surface area contributed by atoms with E-state index >= 15 is 0 Å². The normalized spacial score (nSPS) is 10.9. The van der Waals surface area contributed by atoms with E-state index in [2.05, 4.69) is 5.16 Å². The highest BCUT2D eigenvalue weighted by molar-refractivity contribution is 5.69. The zero-order chi connectivity index (χ0) is 14.2. The summed E-state index contributed by atoms with van der Waals surface area (Å²) in [4.78, 5) is 10.6. The van der Waals surface area contributed by atoms with E-state index in [1.54, 1.807) is 19.1 Å². The van der Waals surface area contributed by atoms with Crippen molar-refractivity contribution >= 4 is 11.5 Å². The molecule has 0 amide bonds. The number of benzene rings is 1. The lowest BCUT2D eigenvalue weighted by molar-refractivity contribution is -0.385. The van der Waals surface area contributed by atoms with Crippen LogP contribution in [0.1, 0.15) is 30.9 Å². The quantitative estimate of drug-likeness (QED) is 0.675. The van der Waals surface area contributed by atoms with Crippen molar-refractivity contribution in [3.05, 3.63) is 39.4 Å². The van der Waals surface area contributed by atoms with Crippen LogP contribution >= 0.6 is 0 Å². The van der Waals surface area contributed by atoms with Crippen LogP contribution in [0.4, 0.5) is 11.5 Å². The number of aromatic nitrogens is 1. The molecule has 2 rings (SSSR count). The van der Waals surface area contributed by atoms with Gasteiger partial charge in [-0.25, -0.2) is 0 Å². The highest BCUT2D eigenvalue weighted by Crippen LogP contribution is 2.35. The van der Waals surface area contributed by atoms with Gasteiger partial charge < -0.3 is 10.3 Å². The Kier molecular flexibility index (Phi) is 3.25. The molecule has 0 aliphatic carbocycles. The van der Waals surface area contributed by atoms with Crippen molar-refractivity contribution in [1.82, 2.24) is 5.16 Å². The number of nitro benzene ring substituents is 1. The fourth-order valence-corrected chi connectivity index (χ4v) is 2.02. The van der Waals surface area contributed by atoms with Crippen molar-refractivity contribution < 1.29 is 9.45 Å². The van der Waals surface area contributed by atoms with E-state index in [0.717, 1.165) is 5.56 Å². The van der Waals surface area contributed by atoms with Crippen molar-refractivity contribution in [3.63, 3.8) is 0 Å². The minimum absolute atomic E-state index is 0.0576. The van der Waals surface area contributed by atoms with Gasteiger partial charge in [0.2, 0.25) is 0 Å². The third-order valence-electron chi connectivity index (χ3n) is 3.00. The lowest BCUT2D eigenvalue weighted by Crippen LogP contribution is -1.96. The third kappa shape index (κ3) is 2.29. The lowest BCUT2D eigenvalue weighted by atomic mass is 9.98. The van der Waals surface area contributed by atoms with Gasteiger partial charge in [-0.3, -0.25) is 10.1 Å². The largest absolute Gasteiger partial charge is 0.381 e. The standard InChI is InChI=1S/C13H15N3O3/c1-7(2)11-12(19-15-13(11)14)9-5-4-8(3)10(6-9)16(17)18/h4-7H,1-3H3,(H2,14,15). The van der Waals surface area contributed by atoms with Gasteiger partial charge in [-0.2, -0.15) is 0 Å². The molecule has 0 aliphatic heterocycles. The number of hydrogen-bond donors (Lipinski definition) is 1. The van der Waals surface area contributed by atoms with Crippen LogP contribution in [0.2, 0.25) is 0 Å². The SMILES string of the molecule is Cc1ccc(-c2onc(N)c2C(C)C)cc1[N+](=O)[O-]. The average Bonchev–Trinajstić information content (AvgIpc) is 2.71. The van der Waals surface area contributed by atoms with Crippen molar-refractivity contribution in [2.75, 3.05) is 5.73 Å². The molecular weight excluding hydrogens is 246 g/mol. The summed E-state index contributed by atoms with van der Waals surface area (Å²) in [5.41, 5.74) is 7.82. The molecule has 2 aromatic rings. The van der Waals surface area contributed by atoms with E-state index in [-0.39, 0.29) is 11.6 Å². The first-order chi connectivity index (χ1) is 8.91. The molecule has 0 unspecified atom stereocenters. The zero-order valence-electron chi connectivity index (χ0n) is 11.0. The number of anilines is 1. The topological polar surface area (TPSA) is 95.2 Å². The molecule has 19 heavy (non-hydrogen) atoms. The number of rotatable bonds is 3. The van der Waals surface area contributed by atoms with Crippen LogP contribution in [-0.2, 0) is 0 Å². The molecular formula is C13H15N3O3. The van der Waals surface area contributed by atoms with Crippen LogP contribution in [-0.4, -0.2) is 10.1 Å². The maximum atomic E-state index is 11.0. The van der Waals surface area contributed by atoms with Gasteiger partial charge in [0.15, 0.2) is 11.6 Å². The van der Waals surface area contributed by atoms with Gasteiger partial charge in [0.1, 0.15) is 0 Å². The molecule has 1 heterocycles. The minimum atomic E-state index is -0.409. The Morgan fingerprint density at radius 3 is 2.68 bits per heavy atom. The number of nitrogens with two attached hydrogens (primary N) is 1. The average molecular weight is 261 g/mol. The van der Waals surface area contributed by atoms with Crippen molar-refractivity contribution in [3.8, 4) is 11.3 Å². The Morgan fingerprint density at radius 2 is 2.11 bits per heavy atom. The Labute approximate surface area is 110 Å². The fourth-order valence-electron chi connectivity index (χ4n) is 2.02.